The minimum absolute atomic E-state index is 0.0414. The minimum Gasteiger partial charge on any atom is -0.336 e. The summed E-state index contributed by atoms with van der Waals surface area (Å²) in [6.07, 6.45) is 1.54. The number of carbonyl (C=O) groups excluding carboxylic acids is 2. The number of nitrogens with zero attached hydrogens (tertiary/aromatic N) is 4. The topological polar surface area (TPSA) is 78.7 Å². The Hall–Kier alpha value is -2.38. The fourth-order valence-electron chi connectivity index (χ4n) is 2.58. The number of amides is 2. The minimum atomic E-state index is -0.471. The van der Waals surface area contributed by atoms with Crippen LogP contribution in [0.25, 0.3) is 5.69 Å². The SMILES string of the molecule is CN(O)C(=O)Cc1ncn2c1CN(C)C(=O)c1cc(Cl)ccc1-2. The maximum atomic E-state index is 12.5. The van der Waals surface area contributed by atoms with E-state index in [2.05, 4.69) is 4.98 Å². The number of imidazole rings is 1. The fourth-order valence-corrected chi connectivity index (χ4v) is 2.75. The molecule has 23 heavy (non-hydrogen) atoms. The zero-order valence-electron chi connectivity index (χ0n) is 12.7. The quantitative estimate of drug-likeness (QED) is 0.667. The molecule has 1 aromatic heterocycles. The number of fused-ring (bicyclic) bond motifs is 3. The van der Waals surface area contributed by atoms with Gasteiger partial charge < -0.3 is 9.47 Å². The summed E-state index contributed by atoms with van der Waals surface area (Å²) in [4.78, 5) is 30.1. The van der Waals surface area contributed by atoms with E-state index in [-0.39, 0.29) is 12.3 Å². The number of hydroxylamine groups is 2. The molecule has 3 rings (SSSR count). The van der Waals surface area contributed by atoms with E-state index in [0.29, 0.717) is 33.6 Å². The van der Waals surface area contributed by atoms with Crippen LogP contribution in [0.3, 0.4) is 0 Å². The Balaban J connectivity index is 2.12. The first kappa shape index (κ1) is 15.5. The van der Waals surface area contributed by atoms with Crippen molar-refractivity contribution in [3.8, 4) is 5.69 Å². The number of hydrogen-bond acceptors (Lipinski definition) is 4. The van der Waals surface area contributed by atoms with Crippen LogP contribution in [0.5, 0.6) is 0 Å². The van der Waals surface area contributed by atoms with Crippen LogP contribution in [0.4, 0.5) is 0 Å². The molecule has 0 fully saturated rings. The molecule has 0 radical (unpaired) electrons. The molecule has 0 atom stereocenters. The van der Waals surface area contributed by atoms with E-state index in [1.807, 2.05) is 0 Å². The van der Waals surface area contributed by atoms with E-state index in [9.17, 15) is 14.8 Å². The number of hydrogen-bond donors (Lipinski definition) is 1. The molecule has 0 saturated heterocycles. The summed E-state index contributed by atoms with van der Waals surface area (Å²) >= 11 is 6.01. The third-order valence-corrected chi connectivity index (χ3v) is 4.05. The summed E-state index contributed by atoms with van der Waals surface area (Å²) < 4.78 is 1.78. The van der Waals surface area contributed by atoms with Gasteiger partial charge in [-0.25, -0.2) is 10.0 Å². The Morgan fingerprint density at radius 1 is 1.48 bits per heavy atom. The van der Waals surface area contributed by atoms with Crippen LogP contribution in [0, 0.1) is 0 Å². The third kappa shape index (κ3) is 2.69. The van der Waals surface area contributed by atoms with Crippen LogP contribution < -0.4 is 0 Å². The second-order valence-electron chi connectivity index (χ2n) is 5.42. The highest BCUT2D eigenvalue weighted by Crippen LogP contribution is 2.28. The predicted molar refractivity (Wildman–Crippen MR) is 82.6 cm³/mol. The Kier molecular flexibility index (Phi) is 3.83. The standard InChI is InChI=1S/C15H15ClN4O3/c1-18-7-13-11(6-14(21)19(2)23)17-8-20(13)12-4-3-9(16)5-10(12)15(18)22/h3-5,8,23H,6-7H2,1-2H3. The van der Waals surface area contributed by atoms with Crippen LogP contribution in [0.1, 0.15) is 21.7 Å². The van der Waals surface area contributed by atoms with E-state index in [4.69, 9.17) is 11.6 Å². The van der Waals surface area contributed by atoms with Gasteiger partial charge in [0.15, 0.2) is 0 Å². The molecule has 8 heteroatoms. The zero-order chi connectivity index (χ0) is 16.7. The molecule has 7 nitrogen and oxygen atoms in total. The summed E-state index contributed by atoms with van der Waals surface area (Å²) in [6.45, 7) is 0.308. The molecule has 2 aromatic rings. The van der Waals surface area contributed by atoms with Gasteiger partial charge in [0.1, 0.15) is 0 Å². The highest BCUT2D eigenvalue weighted by atomic mass is 35.5. The lowest BCUT2D eigenvalue weighted by atomic mass is 10.1. The van der Waals surface area contributed by atoms with Gasteiger partial charge in [-0.05, 0) is 18.2 Å². The monoisotopic (exact) mass is 334 g/mol. The molecule has 0 aliphatic carbocycles. The molecule has 0 saturated carbocycles. The number of benzene rings is 1. The first-order valence-electron chi connectivity index (χ1n) is 6.94. The Morgan fingerprint density at radius 3 is 2.91 bits per heavy atom. The maximum Gasteiger partial charge on any atom is 0.256 e. The normalized spacial score (nSPS) is 13.4. The smallest absolute Gasteiger partial charge is 0.256 e. The van der Waals surface area contributed by atoms with Gasteiger partial charge in [-0.15, -0.1) is 0 Å². The number of aromatic nitrogens is 2. The van der Waals surface area contributed by atoms with E-state index in [0.717, 1.165) is 5.69 Å². The number of halogens is 1. The summed E-state index contributed by atoms with van der Waals surface area (Å²) in [5.74, 6) is -0.621. The van der Waals surface area contributed by atoms with Gasteiger partial charge in [0.2, 0.25) is 0 Å². The van der Waals surface area contributed by atoms with Crippen molar-refractivity contribution in [2.45, 2.75) is 13.0 Å². The first-order valence-corrected chi connectivity index (χ1v) is 7.32. The number of rotatable bonds is 2. The third-order valence-electron chi connectivity index (χ3n) is 3.81. The number of likely N-dealkylation sites (N-methyl/N-ethyl adjacent to an activating group) is 1. The summed E-state index contributed by atoms with van der Waals surface area (Å²) in [6, 6.07) is 5.08. The molecule has 0 bridgehead atoms. The van der Waals surface area contributed by atoms with Crippen molar-refractivity contribution in [3.05, 3.63) is 46.5 Å². The molecule has 2 amide bonds. The van der Waals surface area contributed by atoms with Crippen LogP contribution in [-0.4, -0.2) is 50.6 Å². The maximum absolute atomic E-state index is 12.5. The molecule has 1 aliphatic heterocycles. The summed E-state index contributed by atoms with van der Waals surface area (Å²) in [5.41, 5.74) is 2.41. The van der Waals surface area contributed by atoms with E-state index >= 15 is 0 Å². The van der Waals surface area contributed by atoms with Crippen LogP contribution in [-0.2, 0) is 17.8 Å². The van der Waals surface area contributed by atoms with Crippen molar-refractivity contribution in [1.82, 2.24) is 19.5 Å². The molecule has 1 aromatic carbocycles. The van der Waals surface area contributed by atoms with Gasteiger partial charge in [-0.2, -0.15) is 0 Å². The Morgan fingerprint density at radius 2 is 2.22 bits per heavy atom. The summed E-state index contributed by atoms with van der Waals surface area (Å²) in [7, 11) is 2.95. The lowest BCUT2D eigenvalue weighted by Crippen LogP contribution is -2.27. The van der Waals surface area contributed by atoms with Crippen molar-refractivity contribution in [1.29, 1.82) is 0 Å². The molecular formula is C15H15ClN4O3. The van der Waals surface area contributed by atoms with Crippen LogP contribution >= 0.6 is 11.6 Å². The van der Waals surface area contributed by atoms with E-state index in [1.165, 1.54) is 7.05 Å². The van der Waals surface area contributed by atoms with Crippen molar-refractivity contribution in [2.24, 2.45) is 0 Å². The number of carbonyl (C=O) groups is 2. The van der Waals surface area contributed by atoms with Gasteiger partial charge in [0.05, 0.1) is 41.9 Å². The lowest BCUT2D eigenvalue weighted by molar-refractivity contribution is -0.158. The van der Waals surface area contributed by atoms with Gasteiger partial charge >= 0.3 is 0 Å². The second kappa shape index (κ2) is 5.68. The first-order chi connectivity index (χ1) is 10.9. The van der Waals surface area contributed by atoms with Gasteiger partial charge in [-0.1, -0.05) is 11.6 Å². The molecule has 0 spiro atoms. The van der Waals surface area contributed by atoms with Crippen LogP contribution in [0.15, 0.2) is 24.5 Å². The zero-order valence-corrected chi connectivity index (χ0v) is 13.4. The predicted octanol–water partition coefficient (Wildman–Crippen LogP) is 1.50. The molecule has 2 heterocycles. The highest BCUT2D eigenvalue weighted by molar-refractivity contribution is 6.31. The van der Waals surface area contributed by atoms with E-state index < -0.39 is 5.91 Å². The summed E-state index contributed by atoms with van der Waals surface area (Å²) in [5, 5.41) is 10.2. The van der Waals surface area contributed by atoms with E-state index in [1.54, 1.807) is 41.0 Å². The van der Waals surface area contributed by atoms with Crippen LogP contribution in [0.2, 0.25) is 5.02 Å². The fraction of sp³-hybridized carbons (Fsp3) is 0.267. The second-order valence-corrected chi connectivity index (χ2v) is 5.86. The Labute approximate surface area is 137 Å². The molecule has 120 valence electrons. The van der Waals surface area contributed by atoms with Gasteiger partial charge in [0, 0.05) is 19.1 Å². The van der Waals surface area contributed by atoms with Crippen molar-refractivity contribution < 1.29 is 14.8 Å². The lowest BCUT2D eigenvalue weighted by Gasteiger charge is -2.15. The molecule has 1 aliphatic rings. The van der Waals surface area contributed by atoms with Gasteiger partial charge in [0.25, 0.3) is 11.8 Å². The van der Waals surface area contributed by atoms with Crippen molar-refractivity contribution in [2.75, 3.05) is 14.1 Å². The van der Waals surface area contributed by atoms with Gasteiger partial charge in [-0.3, -0.25) is 14.8 Å². The Bertz CT molecular complexity index is 800. The molecule has 1 N–H and O–H groups in total. The van der Waals surface area contributed by atoms with Crippen molar-refractivity contribution >= 4 is 23.4 Å². The van der Waals surface area contributed by atoms with Crippen molar-refractivity contribution in [3.63, 3.8) is 0 Å². The average molecular weight is 335 g/mol. The largest absolute Gasteiger partial charge is 0.336 e. The average Bonchev–Trinajstić information content (AvgIpc) is 2.84. The molecule has 0 unspecified atom stereocenters. The molecular weight excluding hydrogens is 320 g/mol. The highest BCUT2D eigenvalue weighted by Gasteiger charge is 2.27.